The van der Waals surface area contributed by atoms with Crippen molar-refractivity contribution < 1.29 is 50.7 Å². The normalized spacial score (nSPS) is 16.7. The van der Waals surface area contributed by atoms with Crippen LogP contribution in [0.4, 0.5) is 0 Å². The minimum Gasteiger partial charge on any atom is -1.00 e. The van der Waals surface area contributed by atoms with Gasteiger partial charge in [0.15, 0.2) is 0 Å². The summed E-state index contributed by atoms with van der Waals surface area (Å²) in [5.74, 6) is 0. The molecule has 4 aromatic carbocycles. The van der Waals surface area contributed by atoms with Gasteiger partial charge in [0.05, 0.1) is 0 Å². The van der Waals surface area contributed by atoms with E-state index in [0.29, 0.717) is 0 Å². The van der Waals surface area contributed by atoms with Crippen LogP contribution in [0.15, 0.2) is 72.8 Å². The largest absolute Gasteiger partial charge is 4.00 e. The van der Waals surface area contributed by atoms with Crippen LogP contribution in [0.5, 0.6) is 0 Å². The molecule has 0 unspecified atom stereocenters. The molecule has 0 nitrogen and oxygen atoms in total. The van der Waals surface area contributed by atoms with Gasteiger partial charge >= 0.3 is 25.8 Å². The van der Waals surface area contributed by atoms with Crippen LogP contribution in [0.3, 0.4) is 0 Å². The van der Waals surface area contributed by atoms with Crippen LogP contribution < -0.4 is 35.2 Å². The molecule has 0 radical (unpaired) electrons. The molecule has 5 heteroatoms. The van der Waals surface area contributed by atoms with Gasteiger partial charge in [-0.1, -0.05) is 101 Å². The van der Waals surface area contributed by atoms with Gasteiger partial charge in [-0.05, 0) is 0 Å². The second-order valence-electron chi connectivity index (χ2n) is 11.1. The van der Waals surface area contributed by atoms with Crippen molar-refractivity contribution in [2.24, 2.45) is 0 Å². The molecule has 2 saturated heterocycles. The van der Waals surface area contributed by atoms with Crippen molar-refractivity contribution in [2.45, 2.75) is 88.6 Å². The second-order valence-corrected chi connectivity index (χ2v) is 20.3. The summed E-state index contributed by atoms with van der Waals surface area (Å²) in [6.45, 7) is 4.65. The third-order valence-corrected chi connectivity index (χ3v) is 20.2. The Kier molecular flexibility index (Phi) is 13.1. The Bertz CT molecular complexity index is 1120. The summed E-state index contributed by atoms with van der Waals surface area (Å²) in [7, 11) is -2.10. The molecular formula is C32H42Cl2HfSi2. The molecular weight excluding hydrogens is 690 g/mol. The zero-order chi connectivity index (χ0) is 23.4. The van der Waals surface area contributed by atoms with Crippen LogP contribution in [0, 0.1) is 0 Å². The number of unbranched alkanes of at least 4 members (excludes halogenated alkanes) is 2. The SMILES string of the molecule is CCCC[Si]1([c-]2ccc3ccccc32)CCC1.CCCC[Si]1([c-]2ccc3ccccc32)CCC1.[Cl-].[Cl-].[Hf+4]. The van der Waals surface area contributed by atoms with Crippen LogP contribution in [-0.4, -0.2) is 16.1 Å². The van der Waals surface area contributed by atoms with E-state index in [1.165, 1.54) is 61.4 Å². The number of halogens is 2. The van der Waals surface area contributed by atoms with Crippen molar-refractivity contribution in [2.75, 3.05) is 0 Å². The maximum absolute atomic E-state index is 2.45. The average molecular weight is 732 g/mol. The summed E-state index contributed by atoms with van der Waals surface area (Å²) < 4.78 is 0. The second kappa shape index (κ2) is 14.8. The van der Waals surface area contributed by atoms with Crippen LogP contribution >= 0.6 is 0 Å². The van der Waals surface area contributed by atoms with Gasteiger partial charge in [-0.25, -0.2) is 0 Å². The Morgan fingerprint density at radius 1 is 0.595 bits per heavy atom. The summed E-state index contributed by atoms with van der Waals surface area (Å²) in [6.07, 6.45) is 8.54. The number of rotatable bonds is 8. The van der Waals surface area contributed by atoms with Gasteiger partial charge < -0.3 is 24.8 Å². The van der Waals surface area contributed by atoms with E-state index in [1.807, 2.05) is 0 Å². The van der Waals surface area contributed by atoms with Gasteiger partial charge in [0, 0.05) is 16.1 Å². The first kappa shape index (κ1) is 32.8. The van der Waals surface area contributed by atoms with Crippen molar-refractivity contribution in [3.8, 4) is 0 Å². The monoisotopic (exact) mass is 732 g/mol. The fraction of sp³-hybridized carbons (Fsp3) is 0.438. The summed E-state index contributed by atoms with van der Waals surface area (Å²) >= 11 is 0. The summed E-state index contributed by atoms with van der Waals surface area (Å²) in [5.41, 5.74) is 0. The van der Waals surface area contributed by atoms with E-state index in [1.54, 1.807) is 45.3 Å². The minimum atomic E-state index is -1.05. The van der Waals surface area contributed by atoms with Crippen molar-refractivity contribution in [1.82, 2.24) is 0 Å². The first-order valence-corrected chi connectivity index (χ1v) is 19.3. The molecule has 6 rings (SSSR count). The quantitative estimate of drug-likeness (QED) is 0.194. The Morgan fingerprint density at radius 3 is 1.30 bits per heavy atom. The Balaban J connectivity index is 0.000000241. The molecule has 0 bridgehead atoms. The third kappa shape index (κ3) is 6.65. The van der Waals surface area contributed by atoms with Crippen LogP contribution in [0.1, 0.15) is 52.4 Å². The molecule has 0 amide bonds. The van der Waals surface area contributed by atoms with Gasteiger partial charge in [0.2, 0.25) is 0 Å². The molecule has 2 aliphatic rings. The van der Waals surface area contributed by atoms with E-state index in [2.05, 4.69) is 86.6 Å². The Hall–Kier alpha value is -0.456. The molecule has 37 heavy (non-hydrogen) atoms. The zero-order valence-corrected chi connectivity index (χ0v) is 29.8. The predicted molar refractivity (Wildman–Crippen MR) is 158 cm³/mol. The molecule has 0 aromatic heterocycles. The number of hydrogen-bond acceptors (Lipinski definition) is 0. The first-order valence-electron chi connectivity index (χ1n) is 14.0. The summed E-state index contributed by atoms with van der Waals surface area (Å²) in [4.78, 5) is 0. The molecule has 0 saturated carbocycles. The number of fused-ring (bicyclic) bond motifs is 2. The van der Waals surface area contributed by atoms with E-state index >= 15 is 0 Å². The van der Waals surface area contributed by atoms with Crippen LogP contribution in [-0.2, 0) is 25.8 Å². The molecule has 196 valence electrons. The summed E-state index contributed by atoms with van der Waals surface area (Å²) in [5, 5.41) is 9.58. The van der Waals surface area contributed by atoms with E-state index in [9.17, 15) is 0 Å². The van der Waals surface area contributed by atoms with Crippen LogP contribution in [0.2, 0.25) is 36.3 Å². The standard InChI is InChI=1S/2C16H21Si.2ClH.Hf/c2*1-2-3-11-17(12-6-13-17)16-10-9-14-7-4-5-8-15(14)16;;;/h2*4-5,7-10H,2-3,6,11-13H2,1H3;2*1H;/q2*-1;;;+4/p-2. The van der Waals surface area contributed by atoms with Gasteiger partial charge in [0.1, 0.15) is 0 Å². The van der Waals surface area contributed by atoms with Crippen LogP contribution in [0.25, 0.3) is 21.5 Å². The molecule has 2 aliphatic heterocycles. The van der Waals surface area contributed by atoms with Gasteiger partial charge in [-0.2, -0.15) is 24.3 Å². The molecule has 4 aromatic rings. The summed E-state index contributed by atoms with van der Waals surface area (Å²) in [6, 6.07) is 36.7. The molecule has 0 spiro atoms. The fourth-order valence-electron chi connectivity index (χ4n) is 6.77. The Labute approximate surface area is 258 Å². The molecule has 2 fully saturated rings. The molecule has 0 N–H and O–H groups in total. The number of benzene rings is 2. The molecule has 2 heterocycles. The molecule has 0 atom stereocenters. The van der Waals surface area contributed by atoms with E-state index in [4.69, 9.17) is 0 Å². The maximum Gasteiger partial charge on any atom is 4.00 e. The molecule has 0 aliphatic carbocycles. The van der Waals surface area contributed by atoms with Crippen molar-refractivity contribution in [3.05, 3.63) is 72.8 Å². The van der Waals surface area contributed by atoms with Crippen molar-refractivity contribution >= 4 is 48.1 Å². The maximum atomic E-state index is 2.45. The first-order chi connectivity index (χ1) is 16.7. The van der Waals surface area contributed by atoms with Crippen molar-refractivity contribution in [1.29, 1.82) is 0 Å². The smallest absolute Gasteiger partial charge is 1.00 e. The Morgan fingerprint density at radius 2 is 0.973 bits per heavy atom. The average Bonchev–Trinajstić information content (AvgIpc) is 3.44. The number of hydrogen-bond donors (Lipinski definition) is 0. The zero-order valence-electron chi connectivity index (χ0n) is 22.7. The van der Waals surface area contributed by atoms with E-state index in [0.717, 1.165) is 0 Å². The topological polar surface area (TPSA) is 0 Å². The van der Waals surface area contributed by atoms with E-state index in [-0.39, 0.29) is 50.7 Å². The van der Waals surface area contributed by atoms with Gasteiger partial charge in [0.25, 0.3) is 0 Å². The predicted octanol–water partition coefficient (Wildman–Crippen LogP) is 2.84. The van der Waals surface area contributed by atoms with Crippen molar-refractivity contribution in [3.63, 3.8) is 0 Å². The minimum absolute atomic E-state index is 0. The third-order valence-electron chi connectivity index (χ3n) is 9.14. The van der Waals surface area contributed by atoms with Gasteiger partial charge in [-0.15, -0.1) is 68.3 Å². The fourth-order valence-corrected chi connectivity index (χ4v) is 16.3. The van der Waals surface area contributed by atoms with Gasteiger partial charge in [-0.3, -0.25) is 0 Å². The van der Waals surface area contributed by atoms with E-state index < -0.39 is 16.1 Å².